The summed E-state index contributed by atoms with van der Waals surface area (Å²) in [4.78, 5) is 11.2. The average molecular weight is 223 g/mol. The summed E-state index contributed by atoms with van der Waals surface area (Å²) in [6.45, 7) is 10.3. The number of carbonyl (C=O) groups excluding carboxylic acids is 1. The molecule has 0 aromatic carbocycles. The maximum atomic E-state index is 11.2. The lowest BCUT2D eigenvalue weighted by Gasteiger charge is -2.05. The Bertz CT molecular complexity index is 301. The van der Waals surface area contributed by atoms with Gasteiger partial charge in [-0.25, -0.2) is 0 Å². The lowest BCUT2D eigenvalue weighted by atomic mass is 10.0. The number of amides is 1. The molecule has 0 unspecified atom stereocenters. The zero-order valence-corrected chi connectivity index (χ0v) is 10.6. The molecule has 2 N–H and O–H groups in total. The Labute approximate surface area is 97.4 Å². The van der Waals surface area contributed by atoms with Crippen molar-refractivity contribution >= 4 is 5.91 Å². The fraction of sp³-hybridized carbons (Fsp3) is 0.833. The van der Waals surface area contributed by atoms with Crippen LogP contribution in [-0.4, -0.2) is 25.5 Å². The quantitative estimate of drug-likeness (QED) is 0.681. The third-order valence-corrected chi connectivity index (χ3v) is 4.32. The summed E-state index contributed by atoms with van der Waals surface area (Å²) < 4.78 is 0. The summed E-state index contributed by atoms with van der Waals surface area (Å²) in [5.74, 6) is 0.501. The predicted octanol–water partition coefficient (Wildman–Crippen LogP) is 0.898. The first-order valence-corrected chi connectivity index (χ1v) is 5.68. The van der Waals surface area contributed by atoms with Gasteiger partial charge in [0.25, 0.3) is 0 Å². The van der Waals surface area contributed by atoms with Crippen LogP contribution in [0.1, 0.15) is 27.7 Å². The molecule has 0 aromatic heterocycles. The Balaban J connectivity index is 2.19. The molecule has 16 heavy (non-hydrogen) atoms. The predicted molar refractivity (Wildman–Crippen MR) is 62.5 cm³/mol. The van der Waals surface area contributed by atoms with Gasteiger partial charge in [-0.15, -0.1) is 0 Å². The Morgan fingerprint density at radius 2 is 1.88 bits per heavy atom. The average Bonchev–Trinajstić information content (AvgIpc) is 2.57. The summed E-state index contributed by atoms with van der Waals surface area (Å²) in [7, 11) is 0. The van der Waals surface area contributed by atoms with Gasteiger partial charge in [-0.2, -0.15) is 5.26 Å². The van der Waals surface area contributed by atoms with Gasteiger partial charge in [0, 0.05) is 0 Å². The van der Waals surface area contributed by atoms with Crippen molar-refractivity contribution in [2.45, 2.75) is 27.7 Å². The minimum absolute atomic E-state index is 0.0843. The van der Waals surface area contributed by atoms with Gasteiger partial charge in [-0.05, 0) is 23.3 Å². The van der Waals surface area contributed by atoms with Gasteiger partial charge < -0.3 is 10.6 Å². The molecule has 1 rings (SSSR count). The van der Waals surface area contributed by atoms with E-state index in [1.165, 1.54) is 0 Å². The minimum atomic E-state index is -0.113. The molecule has 1 aliphatic rings. The molecule has 0 aromatic rings. The number of carbonyl (C=O) groups is 1. The number of rotatable bonds is 5. The van der Waals surface area contributed by atoms with E-state index in [4.69, 9.17) is 5.26 Å². The van der Waals surface area contributed by atoms with Gasteiger partial charge in [0.2, 0.25) is 5.91 Å². The van der Waals surface area contributed by atoms with Crippen molar-refractivity contribution in [2.24, 2.45) is 16.7 Å². The first-order chi connectivity index (χ1) is 7.34. The molecule has 1 aliphatic carbocycles. The molecule has 1 fully saturated rings. The Hall–Kier alpha value is -1.08. The molecule has 0 atom stereocenters. The number of nitrogens with zero attached hydrogens (tertiary/aromatic N) is 1. The summed E-state index contributed by atoms with van der Waals surface area (Å²) >= 11 is 0. The van der Waals surface area contributed by atoms with Crippen LogP contribution in [0.15, 0.2) is 0 Å². The fourth-order valence-corrected chi connectivity index (χ4v) is 2.37. The van der Waals surface area contributed by atoms with Crippen molar-refractivity contribution in [2.75, 3.05) is 19.6 Å². The molecule has 1 saturated carbocycles. The van der Waals surface area contributed by atoms with E-state index in [0.717, 1.165) is 6.54 Å². The van der Waals surface area contributed by atoms with Crippen LogP contribution in [0.5, 0.6) is 0 Å². The van der Waals surface area contributed by atoms with Crippen LogP contribution in [0, 0.1) is 28.1 Å². The molecule has 0 heterocycles. The topological polar surface area (TPSA) is 64.9 Å². The van der Waals surface area contributed by atoms with Gasteiger partial charge in [-0.1, -0.05) is 27.7 Å². The highest BCUT2D eigenvalue weighted by molar-refractivity contribution is 5.78. The van der Waals surface area contributed by atoms with Crippen molar-refractivity contribution in [1.29, 1.82) is 5.26 Å². The molecule has 0 bridgehead atoms. The van der Waals surface area contributed by atoms with E-state index in [1.54, 1.807) is 0 Å². The highest BCUT2D eigenvalue weighted by Gasteiger charge is 2.63. The molecule has 0 saturated heterocycles. The van der Waals surface area contributed by atoms with Crippen LogP contribution in [0.4, 0.5) is 0 Å². The Morgan fingerprint density at radius 3 is 2.31 bits per heavy atom. The van der Waals surface area contributed by atoms with Crippen molar-refractivity contribution in [3.05, 3.63) is 0 Å². The first-order valence-electron chi connectivity index (χ1n) is 5.68. The van der Waals surface area contributed by atoms with Crippen LogP contribution in [0.3, 0.4) is 0 Å². The zero-order chi connectivity index (χ0) is 12.4. The van der Waals surface area contributed by atoms with E-state index >= 15 is 0 Å². The van der Waals surface area contributed by atoms with Crippen LogP contribution < -0.4 is 10.6 Å². The van der Waals surface area contributed by atoms with Crippen LogP contribution in [-0.2, 0) is 4.79 Å². The Morgan fingerprint density at radius 1 is 1.31 bits per heavy atom. The molecule has 0 radical (unpaired) electrons. The summed E-state index contributed by atoms with van der Waals surface area (Å²) in [6.07, 6.45) is 0. The maximum Gasteiger partial charge on any atom is 0.234 e. The zero-order valence-electron chi connectivity index (χ0n) is 10.6. The van der Waals surface area contributed by atoms with Gasteiger partial charge in [0.15, 0.2) is 0 Å². The van der Waals surface area contributed by atoms with E-state index in [2.05, 4.69) is 38.3 Å². The van der Waals surface area contributed by atoms with Gasteiger partial charge in [-0.3, -0.25) is 4.79 Å². The third-order valence-electron chi connectivity index (χ3n) is 4.32. The third kappa shape index (κ3) is 2.35. The molecule has 0 spiro atoms. The molecular weight excluding hydrogens is 202 g/mol. The molecule has 1 amide bonds. The second kappa shape index (κ2) is 4.42. The van der Waals surface area contributed by atoms with Gasteiger partial charge in [0.05, 0.1) is 12.6 Å². The van der Waals surface area contributed by atoms with Crippen molar-refractivity contribution in [3.8, 4) is 6.07 Å². The highest BCUT2D eigenvalue weighted by atomic mass is 16.1. The lowest BCUT2D eigenvalue weighted by Crippen LogP contribution is -2.35. The van der Waals surface area contributed by atoms with Crippen molar-refractivity contribution in [1.82, 2.24) is 10.6 Å². The summed E-state index contributed by atoms with van der Waals surface area (Å²) in [5, 5.41) is 13.9. The number of hydrogen-bond donors (Lipinski definition) is 2. The van der Waals surface area contributed by atoms with Crippen LogP contribution in [0.2, 0.25) is 0 Å². The second-order valence-electron chi connectivity index (χ2n) is 5.56. The molecule has 4 nitrogen and oxygen atoms in total. The summed E-state index contributed by atoms with van der Waals surface area (Å²) in [5.41, 5.74) is 0.701. The largest absolute Gasteiger partial charge is 0.342 e. The number of nitrogens with one attached hydrogen (secondary N) is 2. The van der Waals surface area contributed by atoms with Gasteiger partial charge in [0.1, 0.15) is 6.54 Å². The maximum absolute atomic E-state index is 11.2. The smallest absolute Gasteiger partial charge is 0.234 e. The highest BCUT2D eigenvalue weighted by Crippen LogP contribution is 2.67. The first kappa shape index (κ1) is 13.0. The van der Waals surface area contributed by atoms with E-state index in [9.17, 15) is 4.79 Å². The summed E-state index contributed by atoms with van der Waals surface area (Å²) in [6, 6.07) is 1.88. The van der Waals surface area contributed by atoms with E-state index in [0.29, 0.717) is 23.3 Å². The molecule has 90 valence electrons. The van der Waals surface area contributed by atoms with Gasteiger partial charge >= 0.3 is 0 Å². The number of hydrogen-bond acceptors (Lipinski definition) is 3. The Kier molecular flexibility index (Phi) is 3.59. The monoisotopic (exact) mass is 223 g/mol. The van der Waals surface area contributed by atoms with Crippen LogP contribution >= 0.6 is 0 Å². The van der Waals surface area contributed by atoms with Crippen molar-refractivity contribution in [3.63, 3.8) is 0 Å². The molecule has 0 aliphatic heterocycles. The van der Waals surface area contributed by atoms with Crippen LogP contribution in [0.25, 0.3) is 0 Å². The van der Waals surface area contributed by atoms with Crippen molar-refractivity contribution < 1.29 is 4.79 Å². The van der Waals surface area contributed by atoms with E-state index in [-0.39, 0.29) is 12.5 Å². The standard InChI is InChI=1S/C12H21N3O/c1-11(2)9(12(11,3)4)7-14-8-10(16)15-6-5-13/h9,14H,6-8H2,1-4H3,(H,15,16). The lowest BCUT2D eigenvalue weighted by molar-refractivity contribution is -0.120. The number of nitriles is 1. The molecule has 4 heteroatoms. The SMILES string of the molecule is CC1(C)C(CNCC(=O)NCC#N)C1(C)C. The van der Waals surface area contributed by atoms with E-state index in [1.807, 2.05) is 6.07 Å². The normalized spacial score (nSPS) is 21.2. The fourth-order valence-electron chi connectivity index (χ4n) is 2.37. The second-order valence-corrected chi connectivity index (χ2v) is 5.56. The van der Waals surface area contributed by atoms with E-state index < -0.39 is 0 Å². The molecular formula is C12H21N3O. The minimum Gasteiger partial charge on any atom is -0.342 e.